The van der Waals surface area contributed by atoms with Crippen LogP contribution in [0.5, 0.6) is 0 Å². The fraction of sp³-hybridized carbons (Fsp3) is 0.286. The van der Waals surface area contributed by atoms with Crippen molar-refractivity contribution in [3.63, 3.8) is 0 Å². The van der Waals surface area contributed by atoms with E-state index in [4.69, 9.17) is 0 Å². The molecule has 2 aromatic rings. The number of aliphatic hydroxyl groups excluding tert-OH is 1. The number of carbonyl (C=O) groups excluding carboxylic acids is 2. The summed E-state index contributed by atoms with van der Waals surface area (Å²) in [5.74, 6) is -1.40. The number of aryl methyl sites for hydroxylation is 1. The van der Waals surface area contributed by atoms with Gasteiger partial charge in [-0.2, -0.15) is 0 Å². The van der Waals surface area contributed by atoms with Crippen molar-refractivity contribution in [1.82, 2.24) is 14.8 Å². The van der Waals surface area contributed by atoms with Crippen molar-refractivity contribution in [2.75, 3.05) is 27.2 Å². The third kappa shape index (κ3) is 3.75. The van der Waals surface area contributed by atoms with Crippen molar-refractivity contribution in [2.45, 2.75) is 13.0 Å². The zero-order chi connectivity index (χ0) is 19.6. The number of likely N-dealkylation sites (tertiary alicyclic amines) is 1. The minimum absolute atomic E-state index is 0.119. The second kappa shape index (κ2) is 7.72. The Balaban J connectivity index is 2.12. The van der Waals surface area contributed by atoms with Gasteiger partial charge in [0.2, 0.25) is 0 Å². The first-order chi connectivity index (χ1) is 12.9. The Hall–Kier alpha value is -2.99. The molecule has 0 saturated carbocycles. The Morgan fingerprint density at radius 2 is 1.74 bits per heavy atom. The molecule has 140 valence electrons. The SMILES string of the molecule is Cc1ccc(C(O)=C2C(=O)C(=O)N(CCN(C)C)C2c2ccncc2)cc1. The quantitative estimate of drug-likeness (QED) is 0.500. The topological polar surface area (TPSA) is 73.7 Å². The van der Waals surface area contributed by atoms with Crippen molar-refractivity contribution in [2.24, 2.45) is 0 Å². The van der Waals surface area contributed by atoms with Gasteiger partial charge in [-0.3, -0.25) is 14.6 Å². The highest BCUT2D eigenvalue weighted by molar-refractivity contribution is 6.46. The Kier molecular flexibility index (Phi) is 5.37. The van der Waals surface area contributed by atoms with Crippen LogP contribution in [0.2, 0.25) is 0 Å². The van der Waals surface area contributed by atoms with Crippen molar-refractivity contribution >= 4 is 17.4 Å². The smallest absolute Gasteiger partial charge is 0.295 e. The van der Waals surface area contributed by atoms with Gasteiger partial charge in [0.1, 0.15) is 5.76 Å². The van der Waals surface area contributed by atoms with Crippen LogP contribution in [0.1, 0.15) is 22.7 Å². The molecule has 0 bridgehead atoms. The molecule has 1 unspecified atom stereocenters. The minimum Gasteiger partial charge on any atom is -0.507 e. The van der Waals surface area contributed by atoms with Crippen LogP contribution in [-0.2, 0) is 9.59 Å². The molecule has 6 heteroatoms. The van der Waals surface area contributed by atoms with Crippen LogP contribution in [0.3, 0.4) is 0 Å². The number of pyridine rings is 1. The van der Waals surface area contributed by atoms with Crippen LogP contribution in [0, 0.1) is 6.92 Å². The number of aromatic nitrogens is 1. The van der Waals surface area contributed by atoms with Gasteiger partial charge in [-0.05, 0) is 38.7 Å². The number of likely N-dealkylation sites (N-methyl/N-ethyl adjacent to an activating group) is 1. The molecule has 1 fully saturated rings. The molecule has 0 aliphatic carbocycles. The number of nitrogens with zero attached hydrogens (tertiary/aromatic N) is 3. The van der Waals surface area contributed by atoms with Crippen LogP contribution < -0.4 is 0 Å². The number of carbonyl (C=O) groups is 2. The average molecular weight is 365 g/mol. The molecule has 6 nitrogen and oxygen atoms in total. The molecule has 1 aromatic carbocycles. The van der Waals surface area contributed by atoms with E-state index in [-0.39, 0.29) is 11.3 Å². The van der Waals surface area contributed by atoms with Gasteiger partial charge in [-0.15, -0.1) is 0 Å². The first-order valence-electron chi connectivity index (χ1n) is 8.80. The van der Waals surface area contributed by atoms with E-state index in [1.54, 1.807) is 36.7 Å². The molecule has 1 aliphatic rings. The molecule has 0 spiro atoms. The van der Waals surface area contributed by atoms with E-state index in [9.17, 15) is 14.7 Å². The monoisotopic (exact) mass is 365 g/mol. The summed E-state index contributed by atoms with van der Waals surface area (Å²) in [5.41, 5.74) is 2.43. The summed E-state index contributed by atoms with van der Waals surface area (Å²) in [7, 11) is 3.81. The zero-order valence-electron chi connectivity index (χ0n) is 15.7. The predicted octanol–water partition coefficient (Wildman–Crippen LogP) is 2.37. The van der Waals surface area contributed by atoms with Gasteiger partial charge in [-0.25, -0.2) is 0 Å². The molecular weight excluding hydrogens is 342 g/mol. The number of Topliss-reactive ketones (excluding diaryl/α,β-unsaturated/α-hetero) is 1. The maximum absolute atomic E-state index is 12.8. The van der Waals surface area contributed by atoms with Crippen LogP contribution in [0.15, 0.2) is 54.4 Å². The molecule has 1 saturated heterocycles. The number of hydrogen-bond acceptors (Lipinski definition) is 5. The van der Waals surface area contributed by atoms with E-state index in [1.165, 1.54) is 4.90 Å². The summed E-state index contributed by atoms with van der Waals surface area (Å²) >= 11 is 0. The molecule has 1 aliphatic heterocycles. The maximum atomic E-state index is 12.8. The van der Waals surface area contributed by atoms with E-state index in [2.05, 4.69) is 4.98 Å². The molecule has 3 rings (SSSR count). The number of hydrogen-bond donors (Lipinski definition) is 1. The number of ketones is 1. The second-order valence-electron chi connectivity index (χ2n) is 6.94. The molecule has 2 heterocycles. The summed E-state index contributed by atoms with van der Waals surface area (Å²) in [4.78, 5) is 33.0. The molecule has 1 N–H and O–H groups in total. The number of benzene rings is 1. The fourth-order valence-electron chi connectivity index (χ4n) is 3.18. The minimum atomic E-state index is -0.659. The van der Waals surface area contributed by atoms with Gasteiger partial charge in [0, 0.05) is 31.0 Å². The largest absolute Gasteiger partial charge is 0.507 e. The van der Waals surface area contributed by atoms with E-state index < -0.39 is 17.7 Å². The first kappa shape index (κ1) is 18.8. The number of rotatable bonds is 5. The van der Waals surface area contributed by atoms with Gasteiger partial charge in [0.25, 0.3) is 11.7 Å². The number of aliphatic hydroxyl groups is 1. The van der Waals surface area contributed by atoms with Crippen molar-refractivity contribution in [1.29, 1.82) is 0 Å². The normalized spacial score (nSPS) is 19.1. The lowest BCUT2D eigenvalue weighted by atomic mass is 9.95. The molecule has 0 radical (unpaired) electrons. The Labute approximate surface area is 158 Å². The summed E-state index contributed by atoms with van der Waals surface area (Å²) < 4.78 is 0. The Morgan fingerprint density at radius 1 is 1.11 bits per heavy atom. The van der Waals surface area contributed by atoms with Gasteiger partial charge in [-0.1, -0.05) is 29.8 Å². The van der Waals surface area contributed by atoms with E-state index in [1.807, 2.05) is 38.1 Å². The molecule has 1 atom stereocenters. The third-order valence-electron chi connectivity index (χ3n) is 4.67. The van der Waals surface area contributed by atoms with Crippen molar-refractivity contribution < 1.29 is 14.7 Å². The standard InChI is InChI=1S/C21H23N3O3/c1-14-4-6-16(7-5-14)19(25)17-18(15-8-10-22-11-9-15)24(13-12-23(2)3)21(27)20(17)26/h4-11,18,25H,12-13H2,1-3H3. The van der Waals surface area contributed by atoms with Crippen LogP contribution >= 0.6 is 0 Å². The average Bonchev–Trinajstić information content (AvgIpc) is 2.91. The Morgan fingerprint density at radius 3 is 2.33 bits per heavy atom. The lowest BCUT2D eigenvalue weighted by Gasteiger charge is -2.26. The second-order valence-corrected chi connectivity index (χ2v) is 6.94. The third-order valence-corrected chi connectivity index (χ3v) is 4.67. The van der Waals surface area contributed by atoms with E-state index in [0.717, 1.165) is 11.1 Å². The molecular formula is C21H23N3O3. The van der Waals surface area contributed by atoms with Crippen molar-refractivity contribution in [3.8, 4) is 0 Å². The van der Waals surface area contributed by atoms with Gasteiger partial charge >= 0.3 is 0 Å². The summed E-state index contributed by atoms with van der Waals surface area (Å²) in [6.07, 6.45) is 3.24. The fourth-order valence-corrected chi connectivity index (χ4v) is 3.18. The molecule has 1 amide bonds. The molecule has 1 aromatic heterocycles. The van der Waals surface area contributed by atoms with Crippen LogP contribution in [0.25, 0.3) is 5.76 Å². The maximum Gasteiger partial charge on any atom is 0.295 e. The lowest BCUT2D eigenvalue weighted by molar-refractivity contribution is -0.140. The van der Waals surface area contributed by atoms with Crippen LogP contribution in [0.4, 0.5) is 0 Å². The van der Waals surface area contributed by atoms with E-state index >= 15 is 0 Å². The predicted molar refractivity (Wildman–Crippen MR) is 103 cm³/mol. The first-order valence-corrected chi connectivity index (χ1v) is 8.80. The summed E-state index contributed by atoms with van der Waals surface area (Å²) in [6.45, 7) is 2.94. The summed E-state index contributed by atoms with van der Waals surface area (Å²) in [6, 6.07) is 10.1. The highest BCUT2D eigenvalue weighted by atomic mass is 16.3. The van der Waals surface area contributed by atoms with Gasteiger partial charge in [0.05, 0.1) is 11.6 Å². The highest BCUT2D eigenvalue weighted by Crippen LogP contribution is 2.38. The zero-order valence-corrected chi connectivity index (χ0v) is 15.7. The Bertz CT molecular complexity index is 873. The number of amides is 1. The summed E-state index contributed by atoms with van der Waals surface area (Å²) in [5, 5.41) is 10.9. The molecule has 27 heavy (non-hydrogen) atoms. The van der Waals surface area contributed by atoms with Crippen molar-refractivity contribution in [3.05, 3.63) is 71.1 Å². The van der Waals surface area contributed by atoms with Gasteiger partial charge < -0.3 is 14.9 Å². The van der Waals surface area contributed by atoms with Gasteiger partial charge in [0.15, 0.2) is 0 Å². The van der Waals surface area contributed by atoms with Crippen LogP contribution in [-0.4, -0.2) is 58.8 Å². The highest BCUT2D eigenvalue weighted by Gasteiger charge is 2.45. The lowest BCUT2D eigenvalue weighted by Crippen LogP contribution is -2.35. The van der Waals surface area contributed by atoms with E-state index in [0.29, 0.717) is 18.7 Å².